The minimum Gasteiger partial charge on any atom is -0.493 e. The number of primary amides is 1. The highest BCUT2D eigenvalue weighted by atomic mass is 32.2. The summed E-state index contributed by atoms with van der Waals surface area (Å²) in [5, 5.41) is 0. The van der Waals surface area contributed by atoms with Crippen LogP contribution in [-0.2, 0) is 9.84 Å². The molecule has 0 aromatic heterocycles. The number of rotatable bonds is 5. The van der Waals surface area contributed by atoms with Gasteiger partial charge in [-0.25, -0.2) is 8.42 Å². The Kier molecular flexibility index (Phi) is 4.12. The van der Waals surface area contributed by atoms with Crippen LogP contribution >= 0.6 is 0 Å². The van der Waals surface area contributed by atoms with E-state index in [4.69, 9.17) is 10.5 Å². The van der Waals surface area contributed by atoms with E-state index < -0.39 is 15.7 Å². The number of ether oxygens (including phenoxy) is 1. The molecule has 5 nitrogen and oxygen atoms in total. The zero-order chi connectivity index (χ0) is 16.7. The Morgan fingerprint density at radius 2 is 1.91 bits per heavy atom. The summed E-state index contributed by atoms with van der Waals surface area (Å²) < 4.78 is 29.5. The fourth-order valence-electron chi connectivity index (χ4n) is 3.45. The standard InChI is InChI=1S/C17H23NO4S/c1-23(20,21)15-10-13(2-3-14(15)16(18)19)22-11-12-4-6-17(7-5-12)8-9-17/h2-3,10,12H,4-9,11H2,1H3,(H2,18,19). The molecule has 0 heterocycles. The van der Waals surface area contributed by atoms with Gasteiger partial charge in [0.1, 0.15) is 5.75 Å². The van der Waals surface area contributed by atoms with E-state index in [1.165, 1.54) is 50.7 Å². The van der Waals surface area contributed by atoms with Gasteiger partial charge in [0.2, 0.25) is 5.91 Å². The van der Waals surface area contributed by atoms with Crippen LogP contribution in [0.5, 0.6) is 5.75 Å². The van der Waals surface area contributed by atoms with Gasteiger partial charge >= 0.3 is 0 Å². The van der Waals surface area contributed by atoms with E-state index in [0.29, 0.717) is 23.7 Å². The molecule has 1 aromatic carbocycles. The Labute approximate surface area is 137 Å². The van der Waals surface area contributed by atoms with Crippen LogP contribution in [0.15, 0.2) is 23.1 Å². The molecule has 2 aliphatic carbocycles. The molecular formula is C17H23NO4S. The second-order valence-electron chi connectivity index (χ2n) is 7.05. The van der Waals surface area contributed by atoms with E-state index in [1.54, 1.807) is 6.07 Å². The highest BCUT2D eigenvalue weighted by Gasteiger charge is 2.44. The Hall–Kier alpha value is -1.56. The normalized spacial score (nSPS) is 20.4. The van der Waals surface area contributed by atoms with Gasteiger partial charge in [0.25, 0.3) is 0 Å². The van der Waals surface area contributed by atoms with E-state index >= 15 is 0 Å². The van der Waals surface area contributed by atoms with Crippen molar-refractivity contribution in [1.29, 1.82) is 0 Å². The predicted molar refractivity (Wildman–Crippen MR) is 87.2 cm³/mol. The van der Waals surface area contributed by atoms with Crippen molar-refractivity contribution >= 4 is 15.7 Å². The average molecular weight is 337 g/mol. The minimum atomic E-state index is -3.53. The molecule has 1 amide bonds. The Morgan fingerprint density at radius 1 is 1.26 bits per heavy atom. The van der Waals surface area contributed by atoms with Gasteiger partial charge in [-0.3, -0.25) is 4.79 Å². The lowest BCUT2D eigenvalue weighted by Crippen LogP contribution is -2.21. The number of sulfone groups is 1. The molecule has 1 spiro atoms. The molecule has 2 fully saturated rings. The first-order valence-corrected chi connectivity index (χ1v) is 9.95. The van der Waals surface area contributed by atoms with Crippen molar-refractivity contribution in [2.75, 3.05) is 12.9 Å². The number of hydrogen-bond acceptors (Lipinski definition) is 4. The molecule has 0 radical (unpaired) electrons. The second kappa shape index (κ2) is 5.82. The quantitative estimate of drug-likeness (QED) is 0.894. The zero-order valence-corrected chi connectivity index (χ0v) is 14.2. The summed E-state index contributed by atoms with van der Waals surface area (Å²) in [5.41, 5.74) is 5.90. The van der Waals surface area contributed by atoms with E-state index in [-0.39, 0.29) is 10.5 Å². The number of carbonyl (C=O) groups excluding carboxylic acids is 1. The highest BCUT2D eigenvalue weighted by Crippen LogP contribution is 2.57. The number of nitrogens with two attached hydrogens (primary N) is 1. The first-order valence-electron chi connectivity index (χ1n) is 8.06. The predicted octanol–water partition coefficient (Wildman–Crippen LogP) is 2.54. The summed E-state index contributed by atoms with van der Waals surface area (Å²) in [7, 11) is -3.53. The van der Waals surface area contributed by atoms with E-state index in [0.717, 1.165) is 6.26 Å². The SMILES string of the molecule is CS(=O)(=O)c1cc(OCC2CCC3(CC2)CC3)ccc1C(N)=O. The van der Waals surface area contributed by atoms with Crippen molar-refractivity contribution in [3.63, 3.8) is 0 Å². The molecule has 0 atom stereocenters. The lowest BCUT2D eigenvalue weighted by atomic mass is 9.80. The number of carbonyl (C=O) groups is 1. The van der Waals surface area contributed by atoms with Crippen molar-refractivity contribution in [1.82, 2.24) is 0 Å². The molecule has 126 valence electrons. The summed E-state index contributed by atoms with van der Waals surface area (Å²) in [6, 6.07) is 4.44. The molecule has 23 heavy (non-hydrogen) atoms. The van der Waals surface area contributed by atoms with Crippen LogP contribution in [0.2, 0.25) is 0 Å². The van der Waals surface area contributed by atoms with Gasteiger partial charge in [0.05, 0.1) is 17.1 Å². The summed E-state index contributed by atoms with van der Waals surface area (Å²) in [5.74, 6) is 0.250. The molecule has 0 unspecified atom stereocenters. The minimum absolute atomic E-state index is 0.00758. The van der Waals surface area contributed by atoms with Crippen LogP contribution in [0.25, 0.3) is 0 Å². The number of hydrogen-bond donors (Lipinski definition) is 1. The van der Waals surface area contributed by atoms with Crippen LogP contribution in [0.4, 0.5) is 0 Å². The smallest absolute Gasteiger partial charge is 0.250 e. The summed E-state index contributed by atoms with van der Waals surface area (Å²) >= 11 is 0. The van der Waals surface area contributed by atoms with Crippen molar-refractivity contribution in [2.24, 2.45) is 17.1 Å². The van der Waals surface area contributed by atoms with Gasteiger partial charge < -0.3 is 10.5 Å². The molecule has 1 aromatic rings. The maximum atomic E-state index is 11.8. The lowest BCUT2D eigenvalue weighted by molar-refractivity contribution is 0.0997. The second-order valence-corrected chi connectivity index (χ2v) is 9.03. The van der Waals surface area contributed by atoms with Crippen LogP contribution in [0.3, 0.4) is 0 Å². The summed E-state index contributed by atoms with van der Waals surface area (Å²) in [4.78, 5) is 11.3. The molecular weight excluding hydrogens is 314 g/mol. The summed E-state index contributed by atoms with van der Waals surface area (Å²) in [6.07, 6.45) is 8.76. The van der Waals surface area contributed by atoms with Crippen molar-refractivity contribution < 1.29 is 17.9 Å². The molecule has 6 heteroatoms. The van der Waals surface area contributed by atoms with Gasteiger partial charge in [-0.05, 0) is 68.1 Å². The Bertz CT molecular complexity index is 712. The highest BCUT2D eigenvalue weighted by molar-refractivity contribution is 7.90. The van der Waals surface area contributed by atoms with Crippen molar-refractivity contribution in [3.8, 4) is 5.75 Å². The zero-order valence-electron chi connectivity index (χ0n) is 13.4. The topological polar surface area (TPSA) is 86.5 Å². The third-order valence-corrected chi connectivity index (χ3v) is 6.36. The van der Waals surface area contributed by atoms with Crippen LogP contribution in [0.1, 0.15) is 48.9 Å². The maximum absolute atomic E-state index is 11.8. The largest absolute Gasteiger partial charge is 0.493 e. The van der Waals surface area contributed by atoms with Crippen LogP contribution < -0.4 is 10.5 Å². The van der Waals surface area contributed by atoms with E-state index in [2.05, 4.69) is 0 Å². The molecule has 2 aliphatic rings. The van der Waals surface area contributed by atoms with Crippen molar-refractivity contribution in [2.45, 2.75) is 43.4 Å². The van der Waals surface area contributed by atoms with Crippen molar-refractivity contribution in [3.05, 3.63) is 23.8 Å². The maximum Gasteiger partial charge on any atom is 0.250 e. The fraction of sp³-hybridized carbons (Fsp3) is 0.588. The van der Waals surface area contributed by atoms with E-state index in [1.807, 2.05) is 0 Å². The van der Waals surface area contributed by atoms with Gasteiger partial charge in [0.15, 0.2) is 9.84 Å². The average Bonchev–Trinajstić information content (AvgIpc) is 3.25. The molecule has 0 aliphatic heterocycles. The first kappa shape index (κ1) is 16.3. The first-order chi connectivity index (χ1) is 10.8. The van der Waals surface area contributed by atoms with Crippen LogP contribution in [-0.4, -0.2) is 27.2 Å². The third kappa shape index (κ3) is 3.68. The Balaban J connectivity index is 1.67. The van der Waals surface area contributed by atoms with Gasteiger partial charge in [-0.15, -0.1) is 0 Å². The third-order valence-electron chi connectivity index (χ3n) is 5.23. The monoisotopic (exact) mass is 337 g/mol. The molecule has 3 rings (SSSR count). The number of amides is 1. The Morgan fingerprint density at radius 3 is 2.43 bits per heavy atom. The molecule has 0 bridgehead atoms. The molecule has 2 saturated carbocycles. The van der Waals surface area contributed by atoms with Gasteiger partial charge in [-0.2, -0.15) is 0 Å². The van der Waals surface area contributed by atoms with Gasteiger partial charge in [-0.1, -0.05) is 0 Å². The molecule has 2 N–H and O–H groups in total. The summed E-state index contributed by atoms with van der Waals surface area (Å²) in [6.45, 7) is 0.592. The lowest BCUT2D eigenvalue weighted by Gasteiger charge is -2.28. The van der Waals surface area contributed by atoms with Gasteiger partial charge in [0, 0.05) is 6.26 Å². The molecule has 0 saturated heterocycles. The van der Waals surface area contributed by atoms with E-state index in [9.17, 15) is 13.2 Å². The number of benzene rings is 1. The fourth-order valence-corrected chi connectivity index (χ4v) is 4.35. The van der Waals surface area contributed by atoms with Crippen LogP contribution in [0, 0.1) is 11.3 Å².